The first-order valence-corrected chi connectivity index (χ1v) is 18.8. The van der Waals surface area contributed by atoms with E-state index in [2.05, 4.69) is 58.5 Å². The van der Waals surface area contributed by atoms with Crippen molar-refractivity contribution in [1.82, 2.24) is 29.7 Å². The largest absolute Gasteiger partial charge is 0.444 e. The summed E-state index contributed by atoms with van der Waals surface area (Å²) in [6.07, 6.45) is 10.9. The maximum absolute atomic E-state index is 13.1. The summed E-state index contributed by atoms with van der Waals surface area (Å²) < 4.78 is 11.4. The number of carbonyl (C=O) groups is 2. The Kier molecular flexibility index (Phi) is 8.42. The summed E-state index contributed by atoms with van der Waals surface area (Å²) in [7, 11) is 0. The molecule has 2 aliphatic heterocycles. The van der Waals surface area contributed by atoms with Crippen molar-refractivity contribution in [1.29, 1.82) is 0 Å². The number of fused-ring (bicyclic) bond motifs is 5. The van der Waals surface area contributed by atoms with Crippen molar-refractivity contribution in [2.75, 3.05) is 13.1 Å². The van der Waals surface area contributed by atoms with Gasteiger partial charge in [0, 0.05) is 18.7 Å². The minimum Gasteiger partial charge on any atom is -0.444 e. The van der Waals surface area contributed by atoms with E-state index < -0.39 is 11.2 Å². The number of rotatable bonds is 5. The molecule has 10 heteroatoms. The molecule has 0 saturated heterocycles. The highest BCUT2D eigenvalue weighted by Gasteiger charge is 2.41. The molecular weight excluding hydrogens is 665 g/mol. The molecule has 2 bridgehead atoms. The van der Waals surface area contributed by atoms with E-state index in [1.54, 1.807) is 9.80 Å². The predicted octanol–water partition coefficient (Wildman–Crippen LogP) is 9.97. The predicted molar refractivity (Wildman–Crippen MR) is 205 cm³/mol. The van der Waals surface area contributed by atoms with Crippen LogP contribution in [0.25, 0.3) is 33.6 Å². The Labute approximate surface area is 311 Å². The van der Waals surface area contributed by atoms with Crippen molar-refractivity contribution in [3.05, 3.63) is 94.9 Å². The van der Waals surface area contributed by atoms with Gasteiger partial charge in [0.15, 0.2) is 0 Å². The second kappa shape index (κ2) is 12.8. The molecule has 2 aliphatic carbocycles. The number of aromatic amines is 2. The second-order valence-corrected chi connectivity index (χ2v) is 17.3. The lowest BCUT2D eigenvalue weighted by atomic mass is 9.82. The second-order valence-electron chi connectivity index (χ2n) is 17.3. The Balaban J connectivity index is 1.05. The third kappa shape index (κ3) is 6.68. The molecule has 1 fully saturated rings. The van der Waals surface area contributed by atoms with Gasteiger partial charge in [-0.1, -0.05) is 59.7 Å². The quantitative estimate of drug-likeness (QED) is 0.199. The Morgan fingerprint density at radius 2 is 1.11 bits per heavy atom. The van der Waals surface area contributed by atoms with Crippen LogP contribution in [0.3, 0.4) is 0 Å². The van der Waals surface area contributed by atoms with E-state index >= 15 is 0 Å². The molecule has 4 aliphatic rings. The van der Waals surface area contributed by atoms with Crippen LogP contribution in [0, 0.1) is 0 Å². The number of amides is 2. The summed E-state index contributed by atoms with van der Waals surface area (Å²) in [5.74, 6) is 2.54. The van der Waals surface area contributed by atoms with Gasteiger partial charge in [0.2, 0.25) is 0 Å². The molecule has 2 aromatic heterocycles. The van der Waals surface area contributed by atoms with Crippen LogP contribution in [0.2, 0.25) is 0 Å². The third-order valence-electron chi connectivity index (χ3n) is 10.7. The van der Waals surface area contributed by atoms with Crippen LogP contribution in [-0.2, 0) is 9.47 Å². The number of nitrogens with one attached hydrogen (secondary N) is 2. The lowest BCUT2D eigenvalue weighted by molar-refractivity contribution is 0.0222. The van der Waals surface area contributed by atoms with Crippen LogP contribution >= 0.6 is 0 Å². The van der Waals surface area contributed by atoms with E-state index in [0.29, 0.717) is 24.9 Å². The Morgan fingerprint density at radius 1 is 0.660 bits per heavy atom. The molecule has 0 spiro atoms. The molecule has 2 unspecified atom stereocenters. The van der Waals surface area contributed by atoms with Gasteiger partial charge in [0.1, 0.15) is 34.9 Å². The number of imidazole rings is 2. The summed E-state index contributed by atoms with van der Waals surface area (Å²) in [6, 6.07) is 12.6. The van der Waals surface area contributed by atoms with Crippen LogP contribution in [0.15, 0.2) is 72.1 Å². The average molecular weight is 715 g/mol. The molecule has 4 aromatic rings. The maximum atomic E-state index is 13.1. The summed E-state index contributed by atoms with van der Waals surface area (Å²) in [5, 5.41) is 0. The van der Waals surface area contributed by atoms with Crippen LogP contribution in [0.5, 0.6) is 0 Å². The minimum atomic E-state index is -0.573. The highest BCUT2D eigenvalue weighted by atomic mass is 16.6. The monoisotopic (exact) mass is 714 g/mol. The maximum Gasteiger partial charge on any atom is 0.411 e. The molecule has 2 amide bonds. The normalized spacial score (nSPS) is 22.3. The van der Waals surface area contributed by atoms with Gasteiger partial charge in [-0.05, 0) is 114 Å². The molecule has 4 heterocycles. The van der Waals surface area contributed by atoms with Crippen molar-refractivity contribution < 1.29 is 19.1 Å². The van der Waals surface area contributed by atoms with Crippen molar-refractivity contribution in [2.45, 2.75) is 110 Å². The summed E-state index contributed by atoms with van der Waals surface area (Å²) in [4.78, 5) is 46.2. The van der Waals surface area contributed by atoms with Crippen LogP contribution < -0.4 is 0 Å². The van der Waals surface area contributed by atoms with E-state index in [4.69, 9.17) is 19.4 Å². The highest BCUT2D eigenvalue weighted by Crippen LogP contribution is 2.58. The fourth-order valence-corrected chi connectivity index (χ4v) is 8.60. The molecule has 276 valence electrons. The van der Waals surface area contributed by atoms with Crippen LogP contribution in [-0.4, -0.2) is 66.2 Å². The zero-order chi connectivity index (χ0) is 37.4. The Bertz CT molecular complexity index is 2140. The number of aromatic nitrogens is 4. The number of hydrogen-bond donors (Lipinski definition) is 2. The first kappa shape index (κ1) is 34.9. The minimum absolute atomic E-state index is 0.297. The van der Waals surface area contributed by atoms with E-state index in [0.717, 1.165) is 39.7 Å². The highest BCUT2D eigenvalue weighted by molar-refractivity contribution is 5.80. The third-order valence-corrected chi connectivity index (χ3v) is 10.7. The molecule has 53 heavy (non-hydrogen) atoms. The lowest BCUT2D eigenvalue weighted by Crippen LogP contribution is -2.37. The van der Waals surface area contributed by atoms with Crippen molar-refractivity contribution in [3.63, 3.8) is 0 Å². The Hall–Kier alpha value is -5.12. The van der Waals surface area contributed by atoms with Crippen molar-refractivity contribution >= 4 is 12.2 Å². The fraction of sp³-hybridized carbons (Fsp3) is 0.442. The van der Waals surface area contributed by atoms with Gasteiger partial charge in [-0.2, -0.15) is 0 Å². The van der Waals surface area contributed by atoms with Gasteiger partial charge in [0.05, 0.1) is 23.8 Å². The summed E-state index contributed by atoms with van der Waals surface area (Å²) in [6.45, 7) is 16.4. The SMILES string of the molecule is CC1=C[C@@H](c2ncc(-c3ccc(-c4ccc(-c5cnc([C@@H]6C=C(C)CN6C(=O)OC(C)(C)C)[nH]5)c5c4C4CCC5C4)cc3)[nH]2)N(C(=O)OC(C)(C)C)C1. The van der Waals surface area contributed by atoms with Gasteiger partial charge in [-0.25, -0.2) is 19.6 Å². The first-order valence-electron chi connectivity index (χ1n) is 18.8. The molecular formula is C43H50N6O4. The zero-order valence-electron chi connectivity index (χ0n) is 32.0. The van der Waals surface area contributed by atoms with E-state index in [1.807, 2.05) is 67.8 Å². The zero-order valence-corrected chi connectivity index (χ0v) is 32.0. The van der Waals surface area contributed by atoms with Crippen molar-refractivity contribution in [3.8, 4) is 33.6 Å². The van der Waals surface area contributed by atoms with Crippen LogP contribution in [0.1, 0.15) is 121 Å². The molecule has 2 N–H and O–H groups in total. The average Bonchev–Trinajstić information content (AvgIpc) is 3.94. The lowest BCUT2D eigenvalue weighted by Gasteiger charge is -2.28. The van der Waals surface area contributed by atoms with E-state index in [-0.39, 0.29) is 24.3 Å². The standard InChI is InChI=1S/C43H50N6O4/c1-24-17-34(48(22-24)40(50)52-42(3,4)5)38-44-20-32(46-38)27-11-9-26(10-12-27)30-15-16-31(37-29-14-13-28(19-29)36(30)37)33-21-45-39(47-33)35-18-25(2)23-49(35)41(51)53-43(6,7)8/h9-12,15-18,20-21,28-29,34-35H,13-14,19,22-23H2,1-8H3,(H,44,46)(H,45,47)/t28?,29?,34-,35-/m0/s1. The number of hydrogen-bond acceptors (Lipinski definition) is 6. The smallest absolute Gasteiger partial charge is 0.411 e. The summed E-state index contributed by atoms with van der Waals surface area (Å²) in [5.41, 5.74) is 10.6. The number of carbonyl (C=O) groups excluding carboxylic acids is 2. The summed E-state index contributed by atoms with van der Waals surface area (Å²) >= 11 is 0. The van der Waals surface area contributed by atoms with Gasteiger partial charge < -0.3 is 19.4 Å². The van der Waals surface area contributed by atoms with Gasteiger partial charge in [-0.3, -0.25) is 9.80 Å². The molecule has 0 radical (unpaired) electrons. The number of nitrogens with zero attached hydrogens (tertiary/aromatic N) is 4. The molecule has 1 saturated carbocycles. The molecule has 8 rings (SSSR count). The van der Waals surface area contributed by atoms with Gasteiger partial charge in [-0.15, -0.1) is 0 Å². The van der Waals surface area contributed by atoms with E-state index in [1.165, 1.54) is 47.1 Å². The number of benzene rings is 2. The number of H-pyrrole nitrogens is 2. The topological polar surface area (TPSA) is 116 Å². The molecule has 10 nitrogen and oxygen atoms in total. The van der Waals surface area contributed by atoms with E-state index in [9.17, 15) is 9.59 Å². The van der Waals surface area contributed by atoms with Crippen LogP contribution in [0.4, 0.5) is 9.59 Å². The van der Waals surface area contributed by atoms with Gasteiger partial charge >= 0.3 is 12.2 Å². The molecule has 2 aromatic carbocycles. The number of ether oxygens (including phenoxy) is 2. The van der Waals surface area contributed by atoms with Gasteiger partial charge in [0.25, 0.3) is 0 Å². The Morgan fingerprint density at radius 3 is 1.64 bits per heavy atom. The van der Waals surface area contributed by atoms with Crippen molar-refractivity contribution in [2.24, 2.45) is 0 Å². The first-order chi connectivity index (χ1) is 25.1. The fourth-order valence-electron chi connectivity index (χ4n) is 8.60. The molecule has 4 atom stereocenters.